The Morgan fingerprint density at radius 1 is 1.33 bits per heavy atom. The Balaban J connectivity index is 1.88. The van der Waals surface area contributed by atoms with Crippen LogP contribution in [0.2, 0.25) is 0 Å². The van der Waals surface area contributed by atoms with Crippen LogP contribution < -0.4 is 15.4 Å². The van der Waals surface area contributed by atoms with Crippen LogP contribution in [0.1, 0.15) is 43.7 Å². The minimum Gasteiger partial charge on any atom is -0.478 e. The number of guanidine groups is 1. The normalized spacial score (nSPS) is 11.6. The second kappa shape index (κ2) is 8.90. The molecule has 0 saturated heterocycles. The van der Waals surface area contributed by atoms with E-state index in [2.05, 4.69) is 39.6 Å². The lowest BCUT2D eigenvalue weighted by atomic mass is 10.1. The van der Waals surface area contributed by atoms with Gasteiger partial charge < -0.3 is 19.9 Å². The fraction of sp³-hybridized carbons (Fsp3) is 0.471. The summed E-state index contributed by atoms with van der Waals surface area (Å²) in [4.78, 5) is 8.45. The van der Waals surface area contributed by atoms with Crippen molar-refractivity contribution in [2.45, 2.75) is 39.8 Å². The van der Waals surface area contributed by atoms with Crippen LogP contribution in [0.25, 0.3) is 0 Å². The summed E-state index contributed by atoms with van der Waals surface area (Å²) >= 11 is 0. The maximum Gasteiger partial charge on any atom is 0.218 e. The van der Waals surface area contributed by atoms with E-state index in [1.165, 1.54) is 0 Å². The molecule has 0 bridgehead atoms. The van der Waals surface area contributed by atoms with Crippen molar-refractivity contribution in [1.29, 1.82) is 0 Å². The molecule has 0 atom stereocenters. The lowest BCUT2D eigenvalue weighted by Crippen LogP contribution is -2.36. The molecular weight excluding hydrogens is 306 g/mol. The molecule has 2 heterocycles. The molecule has 0 aliphatic heterocycles. The van der Waals surface area contributed by atoms with Crippen molar-refractivity contribution in [2.24, 2.45) is 4.99 Å². The summed E-state index contributed by atoms with van der Waals surface area (Å²) in [7, 11) is 1.72. The first-order valence-electron chi connectivity index (χ1n) is 8.10. The number of rotatable bonds is 7. The number of aliphatic imine (C=N–C) groups is 1. The average molecular weight is 331 g/mol. The predicted molar refractivity (Wildman–Crippen MR) is 93.0 cm³/mol. The Bertz CT molecular complexity index is 667. The molecule has 0 fully saturated rings. The van der Waals surface area contributed by atoms with E-state index in [-0.39, 0.29) is 0 Å². The molecule has 7 heteroatoms. The molecule has 0 aliphatic rings. The molecule has 0 aliphatic carbocycles. The highest BCUT2D eigenvalue weighted by molar-refractivity contribution is 5.79. The summed E-state index contributed by atoms with van der Waals surface area (Å²) in [5.41, 5.74) is 1.93. The van der Waals surface area contributed by atoms with E-state index in [0.29, 0.717) is 37.5 Å². The van der Waals surface area contributed by atoms with Crippen LogP contribution in [0.5, 0.6) is 5.88 Å². The Kier molecular flexibility index (Phi) is 6.60. The van der Waals surface area contributed by atoms with Gasteiger partial charge in [0, 0.05) is 31.4 Å². The zero-order chi connectivity index (χ0) is 17.4. The quantitative estimate of drug-likeness (QED) is 0.599. The van der Waals surface area contributed by atoms with Gasteiger partial charge in [0.05, 0.1) is 18.8 Å². The smallest absolute Gasteiger partial charge is 0.218 e. The summed E-state index contributed by atoms with van der Waals surface area (Å²) in [5, 5.41) is 10.5. The number of hydrogen-bond acceptors (Lipinski definition) is 5. The molecule has 24 heavy (non-hydrogen) atoms. The number of ether oxygens (including phenoxy) is 1. The zero-order valence-electron chi connectivity index (χ0n) is 14.7. The molecule has 130 valence electrons. The third-order valence-electron chi connectivity index (χ3n) is 3.40. The van der Waals surface area contributed by atoms with E-state index in [1.54, 1.807) is 13.2 Å². The molecule has 2 N–H and O–H groups in total. The zero-order valence-corrected chi connectivity index (χ0v) is 14.7. The van der Waals surface area contributed by atoms with Crippen molar-refractivity contribution < 1.29 is 9.26 Å². The highest BCUT2D eigenvalue weighted by Crippen LogP contribution is 2.14. The van der Waals surface area contributed by atoms with Crippen molar-refractivity contribution in [3.63, 3.8) is 0 Å². The van der Waals surface area contributed by atoms with Crippen LogP contribution in [0.15, 0.2) is 33.9 Å². The molecule has 0 aromatic carbocycles. The number of aromatic nitrogens is 2. The molecule has 7 nitrogen and oxygen atoms in total. The third-order valence-corrected chi connectivity index (χ3v) is 3.40. The minimum absolute atomic E-state index is 0.350. The lowest BCUT2D eigenvalue weighted by molar-refractivity contribution is 0.322. The van der Waals surface area contributed by atoms with Crippen LogP contribution in [0, 0.1) is 0 Å². The van der Waals surface area contributed by atoms with Gasteiger partial charge in [0.15, 0.2) is 11.7 Å². The Labute approximate surface area is 142 Å². The SMILES string of the molecule is CCOc1ncccc1CNC(=NC)NCc1cc(C(C)C)no1. The summed E-state index contributed by atoms with van der Waals surface area (Å²) < 4.78 is 10.8. The Morgan fingerprint density at radius 2 is 2.12 bits per heavy atom. The second-order valence-corrected chi connectivity index (χ2v) is 5.55. The average Bonchev–Trinajstić information content (AvgIpc) is 3.06. The standard InChI is InChI=1S/C17H25N5O2/c1-5-23-16-13(7-6-8-19-16)10-20-17(18-4)21-11-14-9-15(12(2)3)22-24-14/h6-9,12H,5,10-11H2,1-4H3,(H2,18,20,21). The van der Waals surface area contributed by atoms with Crippen LogP contribution in [-0.2, 0) is 13.1 Å². The first-order valence-corrected chi connectivity index (χ1v) is 8.10. The molecule has 2 aromatic heterocycles. The van der Waals surface area contributed by atoms with Crippen molar-refractivity contribution in [1.82, 2.24) is 20.8 Å². The Hall–Kier alpha value is -2.57. The topological polar surface area (TPSA) is 84.6 Å². The predicted octanol–water partition coefficient (Wildman–Crippen LogP) is 2.46. The lowest BCUT2D eigenvalue weighted by Gasteiger charge is -2.12. The fourth-order valence-corrected chi connectivity index (χ4v) is 2.08. The largest absolute Gasteiger partial charge is 0.478 e. The minimum atomic E-state index is 0.350. The van der Waals surface area contributed by atoms with Crippen LogP contribution in [0.3, 0.4) is 0 Å². The monoisotopic (exact) mass is 331 g/mol. The van der Waals surface area contributed by atoms with Gasteiger partial charge in [-0.15, -0.1) is 0 Å². The fourth-order valence-electron chi connectivity index (χ4n) is 2.08. The van der Waals surface area contributed by atoms with E-state index in [1.807, 2.05) is 25.1 Å². The van der Waals surface area contributed by atoms with Crippen molar-refractivity contribution in [3.8, 4) is 5.88 Å². The van der Waals surface area contributed by atoms with Crippen molar-refractivity contribution >= 4 is 5.96 Å². The third kappa shape index (κ3) is 4.97. The maximum absolute atomic E-state index is 5.52. The highest BCUT2D eigenvalue weighted by Gasteiger charge is 2.09. The Morgan fingerprint density at radius 3 is 2.79 bits per heavy atom. The number of hydrogen-bond donors (Lipinski definition) is 2. The van der Waals surface area contributed by atoms with Crippen LogP contribution >= 0.6 is 0 Å². The van der Waals surface area contributed by atoms with Crippen molar-refractivity contribution in [3.05, 3.63) is 41.4 Å². The summed E-state index contributed by atoms with van der Waals surface area (Å²) in [6, 6.07) is 5.82. The van der Waals surface area contributed by atoms with E-state index < -0.39 is 0 Å². The summed E-state index contributed by atoms with van der Waals surface area (Å²) in [5.74, 6) is 2.43. The maximum atomic E-state index is 5.52. The highest BCUT2D eigenvalue weighted by atomic mass is 16.5. The van der Waals surface area contributed by atoms with Gasteiger partial charge in [-0.3, -0.25) is 4.99 Å². The van der Waals surface area contributed by atoms with E-state index in [9.17, 15) is 0 Å². The summed E-state index contributed by atoms with van der Waals surface area (Å²) in [6.45, 7) is 7.77. The molecule has 0 unspecified atom stereocenters. The van der Waals surface area contributed by atoms with E-state index in [0.717, 1.165) is 17.0 Å². The molecule has 2 rings (SSSR count). The van der Waals surface area contributed by atoms with Gasteiger partial charge in [-0.2, -0.15) is 0 Å². The molecule has 0 radical (unpaired) electrons. The molecule has 2 aromatic rings. The van der Waals surface area contributed by atoms with Crippen LogP contribution in [0.4, 0.5) is 0 Å². The second-order valence-electron chi connectivity index (χ2n) is 5.55. The van der Waals surface area contributed by atoms with E-state index >= 15 is 0 Å². The molecule has 0 spiro atoms. The number of nitrogens with zero attached hydrogens (tertiary/aromatic N) is 3. The first-order chi connectivity index (χ1) is 11.6. The number of nitrogens with one attached hydrogen (secondary N) is 2. The number of pyridine rings is 1. The van der Waals surface area contributed by atoms with Gasteiger partial charge in [0.2, 0.25) is 5.88 Å². The van der Waals surface area contributed by atoms with Gasteiger partial charge in [-0.1, -0.05) is 25.1 Å². The van der Waals surface area contributed by atoms with Gasteiger partial charge >= 0.3 is 0 Å². The van der Waals surface area contributed by atoms with Gasteiger partial charge in [-0.05, 0) is 18.9 Å². The van der Waals surface area contributed by atoms with Gasteiger partial charge in [0.1, 0.15) is 0 Å². The van der Waals surface area contributed by atoms with Gasteiger partial charge in [0.25, 0.3) is 0 Å². The summed E-state index contributed by atoms with van der Waals surface area (Å²) in [6.07, 6.45) is 1.72. The molecular formula is C17H25N5O2. The van der Waals surface area contributed by atoms with E-state index in [4.69, 9.17) is 9.26 Å². The van der Waals surface area contributed by atoms with Crippen LogP contribution in [-0.4, -0.2) is 29.8 Å². The molecule has 0 amide bonds. The molecule has 0 saturated carbocycles. The first kappa shape index (κ1) is 17.8. The van der Waals surface area contributed by atoms with Gasteiger partial charge in [-0.25, -0.2) is 4.98 Å². The van der Waals surface area contributed by atoms with Crippen molar-refractivity contribution in [2.75, 3.05) is 13.7 Å².